The number of carbonyl (C=O) groups is 1. The highest BCUT2D eigenvalue weighted by molar-refractivity contribution is 7.91. The Bertz CT molecular complexity index is 1110. The number of thiophene rings is 1. The summed E-state index contributed by atoms with van der Waals surface area (Å²) >= 11 is 7.21. The lowest BCUT2D eigenvalue weighted by Gasteiger charge is -2.18. The number of amides is 1. The Morgan fingerprint density at radius 1 is 1.07 bits per heavy atom. The average molecular weight is 466 g/mol. The third kappa shape index (κ3) is 4.77. The predicted octanol–water partition coefficient (Wildman–Crippen LogP) is 4.36. The van der Waals surface area contributed by atoms with Crippen LogP contribution < -0.4 is 14.8 Å². The van der Waals surface area contributed by atoms with E-state index in [-0.39, 0.29) is 11.4 Å². The first kappa shape index (κ1) is 22.1. The zero-order valence-electron chi connectivity index (χ0n) is 16.3. The van der Waals surface area contributed by atoms with Gasteiger partial charge in [0.25, 0.3) is 5.91 Å². The molecule has 1 amide bonds. The van der Waals surface area contributed by atoms with Gasteiger partial charge < -0.3 is 14.8 Å². The van der Waals surface area contributed by atoms with Crippen LogP contribution in [0.1, 0.15) is 20.5 Å². The van der Waals surface area contributed by atoms with Crippen LogP contribution in [0.25, 0.3) is 0 Å². The molecule has 3 aromatic rings. The molecule has 0 aliphatic carbocycles. The maximum absolute atomic E-state index is 13.3. The molecule has 158 valence electrons. The minimum Gasteiger partial charge on any atom is -0.493 e. The maximum atomic E-state index is 13.3. The van der Waals surface area contributed by atoms with E-state index in [0.717, 1.165) is 0 Å². The highest BCUT2D eigenvalue weighted by atomic mass is 35.5. The van der Waals surface area contributed by atoms with Gasteiger partial charge in [-0.2, -0.15) is 0 Å². The fourth-order valence-electron chi connectivity index (χ4n) is 2.89. The number of rotatable bonds is 8. The summed E-state index contributed by atoms with van der Waals surface area (Å²) in [6.45, 7) is -0.0847. The molecule has 1 aromatic heterocycles. The van der Waals surface area contributed by atoms with Crippen molar-refractivity contribution in [2.75, 3.05) is 20.8 Å². The predicted molar refractivity (Wildman–Crippen MR) is 118 cm³/mol. The summed E-state index contributed by atoms with van der Waals surface area (Å²) in [5.74, 6) is 0.494. The molecule has 6 nitrogen and oxygen atoms in total. The molecular weight excluding hydrogens is 446 g/mol. The van der Waals surface area contributed by atoms with E-state index >= 15 is 0 Å². The van der Waals surface area contributed by atoms with Crippen LogP contribution in [0.3, 0.4) is 0 Å². The van der Waals surface area contributed by atoms with Gasteiger partial charge in [-0.1, -0.05) is 17.7 Å². The molecule has 1 N–H and O–H groups in total. The molecule has 2 aromatic carbocycles. The topological polar surface area (TPSA) is 81.7 Å². The van der Waals surface area contributed by atoms with E-state index in [1.807, 2.05) is 0 Å². The molecule has 0 aliphatic rings. The maximum Gasteiger partial charge on any atom is 0.251 e. The monoisotopic (exact) mass is 465 g/mol. The molecular formula is C21H20ClNO5S2. The van der Waals surface area contributed by atoms with Gasteiger partial charge in [-0.3, -0.25) is 4.79 Å². The quantitative estimate of drug-likeness (QED) is 0.534. The molecule has 0 saturated carbocycles. The van der Waals surface area contributed by atoms with Gasteiger partial charge in [0, 0.05) is 22.0 Å². The number of carbonyl (C=O) groups excluding carboxylic acids is 1. The first-order valence-corrected chi connectivity index (χ1v) is 11.7. The van der Waals surface area contributed by atoms with Gasteiger partial charge in [0.05, 0.1) is 19.1 Å². The minimum atomic E-state index is -3.75. The summed E-state index contributed by atoms with van der Waals surface area (Å²) < 4.78 is 36.9. The van der Waals surface area contributed by atoms with Gasteiger partial charge in [-0.05, 0) is 53.9 Å². The van der Waals surface area contributed by atoms with Crippen LogP contribution in [0.2, 0.25) is 5.02 Å². The summed E-state index contributed by atoms with van der Waals surface area (Å²) in [6, 6.07) is 14.3. The molecule has 1 atom stereocenters. The molecule has 1 heterocycles. The van der Waals surface area contributed by atoms with Gasteiger partial charge in [-0.15, -0.1) is 11.3 Å². The molecule has 0 fully saturated rings. The van der Waals surface area contributed by atoms with Crippen LogP contribution in [0, 0.1) is 0 Å². The van der Waals surface area contributed by atoms with Crippen LogP contribution in [-0.4, -0.2) is 35.1 Å². The van der Waals surface area contributed by atoms with Crippen LogP contribution in [0.15, 0.2) is 64.9 Å². The molecule has 0 aliphatic heterocycles. The summed E-state index contributed by atoms with van der Waals surface area (Å²) in [6.07, 6.45) is 0. The van der Waals surface area contributed by atoms with Gasteiger partial charge in [0.2, 0.25) is 0 Å². The zero-order chi connectivity index (χ0) is 21.7. The van der Waals surface area contributed by atoms with E-state index in [0.29, 0.717) is 27.0 Å². The van der Waals surface area contributed by atoms with Crippen molar-refractivity contribution in [2.24, 2.45) is 0 Å². The SMILES string of the molecule is COc1ccc(C(=O)NC[C@@H](c2cccs2)S(=O)(=O)c2ccc(Cl)cc2)cc1OC. The molecule has 9 heteroatoms. The fraction of sp³-hybridized carbons (Fsp3) is 0.190. The molecule has 30 heavy (non-hydrogen) atoms. The van der Waals surface area contributed by atoms with Crippen molar-refractivity contribution in [2.45, 2.75) is 10.1 Å². The number of hydrogen-bond acceptors (Lipinski definition) is 6. The number of hydrogen-bond donors (Lipinski definition) is 1. The van der Waals surface area contributed by atoms with Crippen molar-refractivity contribution >= 4 is 38.7 Å². The van der Waals surface area contributed by atoms with E-state index in [9.17, 15) is 13.2 Å². The number of halogens is 1. The summed E-state index contributed by atoms with van der Waals surface area (Å²) in [4.78, 5) is 13.5. The molecule has 0 spiro atoms. The highest BCUT2D eigenvalue weighted by Crippen LogP contribution is 2.32. The third-order valence-corrected chi connectivity index (χ3v) is 7.96. The number of ether oxygens (including phenoxy) is 2. The Morgan fingerprint density at radius 2 is 1.77 bits per heavy atom. The Morgan fingerprint density at radius 3 is 2.37 bits per heavy atom. The Hall–Kier alpha value is -2.55. The van der Waals surface area contributed by atoms with E-state index in [1.54, 1.807) is 35.7 Å². The molecule has 0 bridgehead atoms. The second kappa shape index (κ2) is 9.51. The summed E-state index contributed by atoms with van der Waals surface area (Å²) in [5.41, 5.74) is 0.335. The summed E-state index contributed by atoms with van der Waals surface area (Å²) in [5, 5.41) is 4.05. The minimum absolute atomic E-state index is 0.0847. The largest absolute Gasteiger partial charge is 0.493 e. The zero-order valence-corrected chi connectivity index (χ0v) is 18.7. The van der Waals surface area contributed by atoms with Crippen molar-refractivity contribution < 1.29 is 22.7 Å². The highest BCUT2D eigenvalue weighted by Gasteiger charge is 2.30. The first-order chi connectivity index (χ1) is 14.4. The second-order valence-electron chi connectivity index (χ2n) is 6.28. The van der Waals surface area contributed by atoms with Crippen molar-refractivity contribution in [1.82, 2.24) is 5.32 Å². The lowest BCUT2D eigenvalue weighted by Crippen LogP contribution is -2.31. The van der Waals surface area contributed by atoms with Gasteiger partial charge in [-0.25, -0.2) is 8.42 Å². The Labute approximate surface area is 184 Å². The van der Waals surface area contributed by atoms with Crippen molar-refractivity contribution in [3.63, 3.8) is 0 Å². The van der Waals surface area contributed by atoms with E-state index in [4.69, 9.17) is 21.1 Å². The van der Waals surface area contributed by atoms with Gasteiger partial charge in [0.1, 0.15) is 5.25 Å². The Balaban J connectivity index is 1.85. The van der Waals surface area contributed by atoms with Crippen LogP contribution in [-0.2, 0) is 9.84 Å². The lowest BCUT2D eigenvalue weighted by atomic mass is 10.2. The molecule has 0 saturated heterocycles. The van der Waals surface area contributed by atoms with Crippen LogP contribution in [0.5, 0.6) is 11.5 Å². The molecule has 0 radical (unpaired) electrons. The van der Waals surface area contributed by atoms with Gasteiger partial charge in [0.15, 0.2) is 21.3 Å². The number of sulfone groups is 1. The van der Waals surface area contributed by atoms with E-state index in [1.165, 1.54) is 49.8 Å². The number of methoxy groups -OCH3 is 2. The van der Waals surface area contributed by atoms with Crippen molar-refractivity contribution in [3.8, 4) is 11.5 Å². The average Bonchev–Trinajstić information content (AvgIpc) is 3.27. The molecule has 3 rings (SSSR count). The van der Waals surface area contributed by atoms with Crippen molar-refractivity contribution in [3.05, 3.63) is 75.4 Å². The van der Waals surface area contributed by atoms with Crippen LogP contribution >= 0.6 is 22.9 Å². The first-order valence-electron chi connectivity index (χ1n) is 8.90. The van der Waals surface area contributed by atoms with Crippen molar-refractivity contribution in [1.29, 1.82) is 0 Å². The van der Waals surface area contributed by atoms with E-state index in [2.05, 4.69) is 5.32 Å². The third-order valence-electron chi connectivity index (χ3n) is 4.47. The van der Waals surface area contributed by atoms with Crippen LogP contribution in [0.4, 0.5) is 0 Å². The molecule has 0 unspecified atom stereocenters. The standard InChI is InChI=1S/C21H20ClNO5S2/c1-27-17-10-5-14(12-18(17)28-2)21(24)23-13-20(19-4-3-11-29-19)30(25,26)16-8-6-15(22)7-9-16/h3-12,20H,13H2,1-2H3,(H,23,24)/t20-/m0/s1. The number of nitrogens with one attached hydrogen (secondary N) is 1. The normalized spacial score (nSPS) is 12.2. The van der Waals surface area contributed by atoms with Gasteiger partial charge >= 0.3 is 0 Å². The summed E-state index contributed by atoms with van der Waals surface area (Å²) in [7, 11) is -0.768. The second-order valence-corrected chi connectivity index (χ2v) is 9.83. The smallest absolute Gasteiger partial charge is 0.251 e. The fourth-order valence-corrected chi connectivity index (χ4v) is 5.80. The number of benzene rings is 2. The Kier molecular flexibility index (Phi) is 7.02. The van der Waals surface area contributed by atoms with E-state index < -0.39 is 21.0 Å². The lowest BCUT2D eigenvalue weighted by molar-refractivity contribution is 0.0953.